The average Bonchev–Trinajstić information content (AvgIpc) is 2.94. The Hall–Kier alpha value is -1.40. The van der Waals surface area contributed by atoms with Gasteiger partial charge in [0.1, 0.15) is 11.7 Å². The van der Waals surface area contributed by atoms with Crippen LogP contribution in [0.2, 0.25) is 5.02 Å². The quantitative estimate of drug-likeness (QED) is 0.836. The third kappa shape index (κ3) is 2.13. The third-order valence-corrected chi connectivity index (χ3v) is 3.85. The Kier molecular flexibility index (Phi) is 3.16. The lowest BCUT2D eigenvalue weighted by Crippen LogP contribution is -2.16. The minimum atomic E-state index is -1.06. The maximum absolute atomic E-state index is 13.8. The lowest BCUT2D eigenvalue weighted by atomic mass is 9.91. The number of ketones is 1. The Labute approximate surface area is 110 Å². The first kappa shape index (κ1) is 13.0. The molecule has 0 aliphatic heterocycles. The standard InChI is InChI=1S/C14H13ClFNO/c1-14(2)6-10(14)13(18)9(7-17)8-4-3-5-11(15)12(8)16/h3-5,9-10H,6H2,1-2H3. The molecule has 1 aromatic rings. The molecule has 0 radical (unpaired) electrons. The van der Waals surface area contributed by atoms with Gasteiger partial charge in [0.05, 0.1) is 11.1 Å². The predicted molar refractivity (Wildman–Crippen MR) is 66.7 cm³/mol. The highest BCUT2D eigenvalue weighted by Crippen LogP contribution is 2.54. The van der Waals surface area contributed by atoms with Gasteiger partial charge in [-0.25, -0.2) is 4.39 Å². The lowest BCUT2D eigenvalue weighted by Gasteiger charge is -2.11. The number of nitrogens with zero attached hydrogens (tertiary/aromatic N) is 1. The molecule has 0 heterocycles. The molecule has 1 fully saturated rings. The van der Waals surface area contributed by atoms with Gasteiger partial charge in [-0.1, -0.05) is 37.6 Å². The molecule has 0 bridgehead atoms. The molecule has 1 aliphatic rings. The van der Waals surface area contributed by atoms with Crippen molar-refractivity contribution in [2.24, 2.45) is 11.3 Å². The smallest absolute Gasteiger partial charge is 0.158 e. The van der Waals surface area contributed by atoms with E-state index < -0.39 is 11.7 Å². The summed E-state index contributed by atoms with van der Waals surface area (Å²) < 4.78 is 13.8. The fraction of sp³-hybridized carbons (Fsp3) is 0.429. The second-order valence-electron chi connectivity index (χ2n) is 5.35. The Morgan fingerprint density at radius 3 is 2.72 bits per heavy atom. The topological polar surface area (TPSA) is 40.9 Å². The van der Waals surface area contributed by atoms with E-state index in [9.17, 15) is 9.18 Å². The first-order valence-corrected chi connectivity index (χ1v) is 6.13. The first-order valence-electron chi connectivity index (χ1n) is 5.75. The Morgan fingerprint density at radius 2 is 2.22 bits per heavy atom. The molecule has 2 unspecified atom stereocenters. The van der Waals surface area contributed by atoms with Crippen molar-refractivity contribution in [3.63, 3.8) is 0 Å². The number of benzene rings is 1. The molecular formula is C14H13ClFNO. The molecule has 0 aromatic heterocycles. The van der Waals surface area contributed by atoms with Crippen molar-refractivity contribution >= 4 is 17.4 Å². The number of carbonyl (C=O) groups is 1. The van der Waals surface area contributed by atoms with Crippen molar-refractivity contribution in [2.75, 3.05) is 0 Å². The van der Waals surface area contributed by atoms with Crippen molar-refractivity contribution < 1.29 is 9.18 Å². The van der Waals surface area contributed by atoms with E-state index in [0.29, 0.717) is 0 Å². The molecule has 4 heteroatoms. The summed E-state index contributed by atoms with van der Waals surface area (Å²) in [5.41, 5.74) is 0.0130. The van der Waals surface area contributed by atoms with E-state index >= 15 is 0 Å². The molecule has 1 aromatic carbocycles. The van der Waals surface area contributed by atoms with E-state index in [-0.39, 0.29) is 27.7 Å². The predicted octanol–water partition coefficient (Wildman–Crippen LogP) is 3.70. The molecule has 94 valence electrons. The summed E-state index contributed by atoms with van der Waals surface area (Å²) in [6, 6.07) is 6.30. The normalized spacial score (nSPS) is 22.1. The van der Waals surface area contributed by atoms with E-state index in [2.05, 4.69) is 0 Å². The van der Waals surface area contributed by atoms with Crippen molar-refractivity contribution in [2.45, 2.75) is 26.2 Å². The molecule has 0 amide bonds. The monoisotopic (exact) mass is 265 g/mol. The Morgan fingerprint density at radius 1 is 1.61 bits per heavy atom. The van der Waals surface area contributed by atoms with Crippen molar-refractivity contribution in [1.82, 2.24) is 0 Å². The van der Waals surface area contributed by atoms with Crippen molar-refractivity contribution in [3.8, 4) is 6.07 Å². The summed E-state index contributed by atoms with van der Waals surface area (Å²) in [5.74, 6) is -2.09. The molecule has 18 heavy (non-hydrogen) atoms. The van der Waals surface area contributed by atoms with Gasteiger partial charge in [0.2, 0.25) is 0 Å². The summed E-state index contributed by atoms with van der Waals surface area (Å²) in [7, 11) is 0. The summed E-state index contributed by atoms with van der Waals surface area (Å²) in [6.07, 6.45) is 0.756. The summed E-state index contributed by atoms with van der Waals surface area (Å²) in [4.78, 5) is 12.2. The van der Waals surface area contributed by atoms with Crippen LogP contribution in [-0.2, 0) is 4.79 Å². The van der Waals surface area contributed by atoms with Crippen LogP contribution in [-0.4, -0.2) is 5.78 Å². The van der Waals surface area contributed by atoms with Gasteiger partial charge in [-0.2, -0.15) is 5.26 Å². The van der Waals surface area contributed by atoms with Gasteiger partial charge in [0.15, 0.2) is 5.78 Å². The van der Waals surface area contributed by atoms with Gasteiger partial charge >= 0.3 is 0 Å². The van der Waals surface area contributed by atoms with E-state index in [1.807, 2.05) is 19.9 Å². The summed E-state index contributed by atoms with van der Waals surface area (Å²) >= 11 is 5.68. The average molecular weight is 266 g/mol. The van der Waals surface area contributed by atoms with Gasteiger partial charge in [0.25, 0.3) is 0 Å². The summed E-state index contributed by atoms with van der Waals surface area (Å²) in [6.45, 7) is 3.94. The highest BCUT2D eigenvalue weighted by Gasteiger charge is 2.52. The van der Waals surface area contributed by atoms with Gasteiger partial charge in [-0.3, -0.25) is 4.79 Å². The number of hydrogen-bond donors (Lipinski definition) is 0. The maximum atomic E-state index is 13.8. The van der Waals surface area contributed by atoms with Gasteiger partial charge in [-0.15, -0.1) is 0 Å². The molecule has 1 saturated carbocycles. The summed E-state index contributed by atoms with van der Waals surface area (Å²) in [5, 5.41) is 9.07. The first-order chi connectivity index (χ1) is 8.38. The Bertz CT molecular complexity index is 547. The highest BCUT2D eigenvalue weighted by atomic mass is 35.5. The molecular weight excluding hydrogens is 253 g/mol. The number of nitriles is 1. The van der Waals surface area contributed by atoms with Gasteiger partial charge < -0.3 is 0 Å². The van der Waals surface area contributed by atoms with Gasteiger partial charge in [-0.05, 0) is 17.9 Å². The van der Waals surface area contributed by atoms with Crippen LogP contribution in [0.15, 0.2) is 18.2 Å². The Balaban J connectivity index is 2.33. The van der Waals surface area contributed by atoms with Crippen LogP contribution in [0.5, 0.6) is 0 Å². The highest BCUT2D eigenvalue weighted by molar-refractivity contribution is 6.30. The van der Waals surface area contributed by atoms with E-state index in [1.165, 1.54) is 12.1 Å². The molecule has 0 saturated heterocycles. The number of rotatable bonds is 3. The zero-order chi connectivity index (χ0) is 13.5. The van der Waals surface area contributed by atoms with Crippen LogP contribution in [0.4, 0.5) is 4.39 Å². The minimum Gasteiger partial charge on any atom is -0.298 e. The van der Waals surface area contributed by atoms with Crippen LogP contribution in [0, 0.1) is 28.5 Å². The fourth-order valence-corrected chi connectivity index (χ4v) is 2.37. The van der Waals surface area contributed by atoms with E-state index in [0.717, 1.165) is 6.42 Å². The second-order valence-corrected chi connectivity index (χ2v) is 5.76. The van der Waals surface area contributed by atoms with Crippen LogP contribution in [0.1, 0.15) is 31.7 Å². The van der Waals surface area contributed by atoms with Crippen molar-refractivity contribution in [3.05, 3.63) is 34.6 Å². The van der Waals surface area contributed by atoms with Crippen LogP contribution >= 0.6 is 11.6 Å². The molecule has 2 rings (SSSR count). The van der Waals surface area contributed by atoms with Crippen molar-refractivity contribution in [1.29, 1.82) is 5.26 Å². The van der Waals surface area contributed by atoms with E-state index in [1.54, 1.807) is 6.07 Å². The maximum Gasteiger partial charge on any atom is 0.158 e. The van der Waals surface area contributed by atoms with E-state index in [4.69, 9.17) is 16.9 Å². The van der Waals surface area contributed by atoms with Crippen LogP contribution in [0.3, 0.4) is 0 Å². The number of carbonyl (C=O) groups excluding carboxylic acids is 1. The zero-order valence-electron chi connectivity index (χ0n) is 10.2. The molecule has 0 spiro atoms. The molecule has 2 atom stereocenters. The number of hydrogen-bond acceptors (Lipinski definition) is 2. The molecule has 1 aliphatic carbocycles. The zero-order valence-corrected chi connectivity index (χ0v) is 11.0. The largest absolute Gasteiger partial charge is 0.298 e. The molecule has 2 nitrogen and oxygen atoms in total. The van der Waals surface area contributed by atoms with Crippen LogP contribution < -0.4 is 0 Å². The van der Waals surface area contributed by atoms with Gasteiger partial charge in [0, 0.05) is 11.5 Å². The third-order valence-electron chi connectivity index (χ3n) is 3.56. The number of halogens is 2. The minimum absolute atomic E-state index is 0.0596. The number of Topliss-reactive ketones (excluding diaryl/α,β-unsaturated/α-hetero) is 1. The lowest BCUT2D eigenvalue weighted by molar-refractivity contribution is -0.121. The SMILES string of the molecule is CC1(C)CC1C(=O)C(C#N)c1cccc(Cl)c1F. The molecule has 0 N–H and O–H groups in total. The fourth-order valence-electron chi connectivity index (χ4n) is 2.18. The second kappa shape index (κ2) is 4.37. The van der Waals surface area contributed by atoms with Crippen LogP contribution in [0.25, 0.3) is 0 Å².